The molecule has 0 radical (unpaired) electrons. The molecule has 2 aliphatic rings. The summed E-state index contributed by atoms with van der Waals surface area (Å²) in [6.45, 7) is 5.50. The summed E-state index contributed by atoms with van der Waals surface area (Å²) in [6, 6.07) is 10.8. The molecular formula is C17H23N3. The number of nitrogens with two attached hydrogens (primary N) is 1. The highest BCUT2D eigenvalue weighted by Crippen LogP contribution is 2.46. The summed E-state index contributed by atoms with van der Waals surface area (Å²) in [5.74, 6) is 1.20. The van der Waals surface area contributed by atoms with E-state index in [2.05, 4.69) is 46.8 Å². The molecule has 1 aromatic rings. The van der Waals surface area contributed by atoms with E-state index in [0.29, 0.717) is 11.9 Å². The van der Waals surface area contributed by atoms with Crippen molar-refractivity contribution in [2.45, 2.75) is 37.1 Å². The van der Waals surface area contributed by atoms with Crippen molar-refractivity contribution in [1.82, 2.24) is 4.90 Å². The third-order valence-electron chi connectivity index (χ3n) is 4.84. The molecule has 1 saturated carbocycles. The van der Waals surface area contributed by atoms with Gasteiger partial charge in [0, 0.05) is 12.5 Å². The molecule has 1 aliphatic carbocycles. The van der Waals surface area contributed by atoms with E-state index in [9.17, 15) is 0 Å². The van der Waals surface area contributed by atoms with Crippen molar-refractivity contribution >= 4 is 5.96 Å². The van der Waals surface area contributed by atoms with E-state index < -0.39 is 0 Å². The number of hydrogen-bond donors (Lipinski definition) is 1. The fourth-order valence-electron chi connectivity index (χ4n) is 3.92. The number of aliphatic imine (C=N–C) groups is 1. The molecule has 20 heavy (non-hydrogen) atoms. The van der Waals surface area contributed by atoms with Crippen LogP contribution in [0.1, 0.15) is 37.2 Å². The predicted octanol–water partition coefficient (Wildman–Crippen LogP) is 2.90. The van der Waals surface area contributed by atoms with Crippen molar-refractivity contribution in [3.8, 4) is 0 Å². The molecule has 2 atom stereocenters. The van der Waals surface area contributed by atoms with Crippen molar-refractivity contribution in [1.29, 1.82) is 0 Å². The second-order valence-corrected chi connectivity index (χ2v) is 5.89. The normalized spacial score (nSPS) is 29.5. The third-order valence-corrected chi connectivity index (χ3v) is 4.84. The Hall–Kier alpha value is -1.77. The van der Waals surface area contributed by atoms with Crippen LogP contribution in [0.15, 0.2) is 48.0 Å². The third kappa shape index (κ3) is 2.01. The van der Waals surface area contributed by atoms with Crippen molar-refractivity contribution in [3.63, 3.8) is 0 Å². The Kier molecular flexibility index (Phi) is 3.51. The second kappa shape index (κ2) is 5.31. The molecule has 3 heteroatoms. The van der Waals surface area contributed by atoms with Crippen molar-refractivity contribution in [2.24, 2.45) is 10.7 Å². The van der Waals surface area contributed by atoms with E-state index in [1.165, 1.54) is 31.2 Å². The van der Waals surface area contributed by atoms with E-state index in [4.69, 9.17) is 5.73 Å². The lowest BCUT2D eigenvalue weighted by Crippen LogP contribution is -2.56. The van der Waals surface area contributed by atoms with Gasteiger partial charge in [-0.2, -0.15) is 0 Å². The first-order chi connectivity index (χ1) is 9.78. The molecule has 3 rings (SSSR count). The van der Waals surface area contributed by atoms with Crippen LogP contribution in [-0.2, 0) is 0 Å². The Bertz CT molecular complexity index is 508. The molecule has 0 bridgehead atoms. The van der Waals surface area contributed by atoms with Gasteiger partial charge in [0.2, 0.25) is 0 Å². The molecule has 1 heterocycles. The Balaban J connectivity index is 1.98. The van der Waals surface area contributed by atoms with Gasteiger partial charge >= 0.3 is 0 Å². The average Bonchev–Trinajstić information content (AvgIpc) is 2.79. The van der Waals surface area contributed by atoms with Crippen LogP contribution < -0.4 is 5.73 Å². The van der Waals surface area contributed by atoms with Crippen LogP contribution in [0.2, 0.25) is 0 Å². The Morgan fingerprint density at radius 2 is 2.15 bits per heavy atom. The maximum Gasteiger partial charge on any atom is 0.192 e. The first-order valence-electron chi connectivity index (χ1n) is 7.51. The summed E-state index contributed by atoms with van der Waals surface area (Å²) in [7, 11) is 0. The summed E-state index contributed by atoms with van der Waals surface area (Å²) in [6.07, 6.45) is 6.89. The average molecular weight is 269 g/mol. The minimum absolute atomic E-state index is 0.0673. The predicted molar refractivity (Wildman–Crippen MR) is 83.8 cm³/mol. The molecule has 1 spiro atoms. The van der Waals surface area contributed by atoms with Gasteiger partial charge in [-0.25, -0.2) is 0 Å². The quantitative estimate of drug-likeness (QED) is 0.857. The fourth-order valence-corrected chi connectivity index (χ4v) is 3.92. The van der Waals surface area contributed by atoms with Crippen molar-refractivity contribution < 1.29 is 0 Å². The Morgan fingerprint density at radius 1 is 1.35 bits per heavy atom. The Morgan fingerprint density at radius 3 is 2.90 bits per heavy atom. The molecule has 106 valence electrons. The van der Waals surface area contributed by atoms with Crippen LogP contribution in [0.5, 0.6) is 0 Å². The number of benzene rings is 1. The molecule has 2 N–H and O–H groups in total. The summed E-state index contributed by atoms with van der Waals surface area (Å²) in [5, 5.41) is 0. The number of rotatable bonds is 3. The summed E-state index contributed by atoms with van der Waals surface area (Å²) < 4.78 is 0. The lowest BCUT2D eigenvalue weighted by atomic mass is 9.69. The molecule has 1 aliphatic heterocycles. The highest BCUT2D eigenvalue weighted by molar-refractivity contribution is 5.81. The van der Waals surface area contributed by atoms with Gasteiger partial charge in [0.1, 0.15) is 0 Å². The standard InChI is InChI=1S/C17H23N3/c1-2-12-20-16(18)19-13-17(20)11-7-6-10-15(17)14-8-4-3-5-9-14/h2-5,8-9,15H,1,6-7,10-13H2,(H2,18,19). The van der Waals surface area contributed by atoms with Crippen molar-refractivity contribution in [2.75, 3.05) is 13.1 Å². The molecule has 0 saturated heterocycles. The minimum Gasteiger partial charge on any atom is -0.370 e. The second-order valence-electron chi connectivity index (χ2n) is 5.89. The van der Waals surface area contributed by atoms with Gasteiger partial charge in [0.15, 0.2) is 5.96 Å². The molecular weight excluding hydrogens is 246 g/mol. The lowest BCUT2D eigenvalue weighted by molar-refractivity contribution is 0.123. The first kappa shape index (κ1) is 13.2. The van der Waals surface area contributed by atoms with Gasteiger partial charge in [-0.3, -0.25) is 4.99 Å². The first-order valence-corrected chi connectivity index (χ1v) is 7.51. The number of guanidine groups is 1. The van der Waals surface area contributed by atoms with E-state index in [1.807, 2.05) is 6.08 Å². The number of nitrogens with zero attached hydrogens (tertiary/aromatic N) is 2. The van der Waals surface area contributed by atoms with Crippen LogP contribution in [-0.4, -0.2) is 29.5 Å². The smallest absolute Gasteiger partial charge is 0.192 e. The highest BCUT2D eigenvalue weighted by atomic mass is 15.4. The molecule has 2 unspecified atom stereocenters. The van der Waals surface area contributed by atoms with E-state index in [-0.39, 0.29) is 5.54 Å². The van der Waals surface area contributed by atoms with Gasteiger partial charge in [-0.05, 0) is 18.4 Å². The van der Waals surface area contributed by atoms with Crippen LogP contribution in [0.4, 0.5) is 0 Å². The van der Waals surface area contributed by atoms with Gasteiger partial charge in [0.25, 0.3) is 0 Å². The van der Waals surface area contributed by atoms with Crippen LogP contribution in [0, 0.1) is 0 Å². The zero-order chi connectivity index (χ0) is 14.0. The zero-order valence-corrected chi connectivity index (χ0v) is 12.0. The van der Waals surface area contributed by atoms with E-state index in [0.717, 1.165) is 13.1 Å². The largest absolute Gasteiger partial charge is 0.370 e. The van der Waals surface area contributed by atoms with Crippen LogP contribution >= 0.6 is 0 Å². The summed E-state index contributed by atoms with van der Waals surface area (Å²) in [4.78, 5) is 6.85. The van der Waals surface area contributed by atoms with E-state index >= 15 is 0 Å². The van der Waals surface area contributed by atoms with Gasteiger partial charge in [0.05, 0.1) is 12.1 Å². The molecule has 3 nitrogen and oxygen atoms in total. The fraction of sp³-hybridized carbons (Fsp3) is 0.471. The molecule has 1 fully saturated rings. The summed E-state index contributed by atoms with van der Waals surface area (Å²) in [5.41, 5.74) is 7.63. The summed E-state index contributed by atoms with van der Waals surface area (Å²) >= 11 is 0. The van der Waals surface area contributed by atoms with Crippen LogP contribution in [0.3, 0.4) is 0 Å². The minimum atomic E-state index is 0.0673. The van der Waals surface area contributed by atoms with Gasteiger partial charge in [-0.15, -0.1) is 6.58 Å². The van der Waals surface area contributed by atoms with Gasteiger partial charge in [-0.1, -0.05) is 49.2 Å². The van der Waals surface area contributed by atoms with Gasteiger partial charge < -0.3 is 10.6 Å². The number of hydrogen-bond acceptors (Lipinski definition) is 3. The van der Waals surface area contributed by atoms with Crippen molar-refractivity contribution in [3.05, 3.63) is 48.6 Å². The zero-order valence-electron chi connectivity index (χ0n) is 12.0. The molecule has 1 aromatic carbocycles. The SMILES string of the molecule is C=CCN1C(N)=NCC12CCCCC2c1ccccc1. The molecule has 0 aromatic heterocycles. The van der Waals surface area contributed by atoms with E-state index in [1.54, 1.807) is 0 Å². The topological polar surface area (TPSA) is 41.6 Å². The molecule has 0 amide bonds. The highest BCUT2D eigenvalue weighted by Gasteiger charge is 2.49. The monoisotopic (exact) mass is 269 g/mol. The van der Waals surface area contributed by atoms with Crippen LogP contribution in [0.25, 0.3) is 0 Å². The lowest BCUT2D eigenvalue weighted by Gasteiger charge is -2.47. The maximum atomic E-state index is 6.14. The Labute approximate surface area is 121 Å². The maximum absolute atomic E-state index is 6.14.